The first kappa shape index (κ1) is 23.0. The van der Waals surface area contributed by atoms with Gasteiger partial charge in [0.05, 0.1) is 17.1 Å². The van der Waals surface area contributed by atoms with Crippen molar-refractivity contribution in [3.05, 3.63) is 40.0 Å². The van der Waals surface area contributed by atoms with Crippen LogP contribution in [0.5, 0.6) is 0 Å². The Balaban J connectivity index is 1.55. The molecule has 0 N–H and O–H groups in total. The molecule has 12 heteroatoms. The highest BCUT2D eigenvalue weighted by atomic mass is 32.2. The van der Waals surface area contributed by atoms with Crippen molar-refractivity contribution in [1.82, 2.24) is 14.9 Å². The fraction of sp³-hybridized carbons (Fsp3) is 0.550. The summed E-state index contributed by atoms with van der Waals surface area (Å²) in [6.45, 7) is 3.03. The molecule has 7 nitrogen and oxygen atoms in total. The standard InChI is InChI=1S/C20H23F3N4O3S2/c1-13-10-25-18(31-13)16-12-26(17-3-2-15(11-24-17)20(21,22)23)6-7-27(16)19(28)14-4-8-32(29,30)9-5-14/h2-3,10-11,14,16H,4-9,12H2,1H3. The predicted octanol–water partition coefficient (Wildman–Crippen LogP) is 3.08. The number of sulfone groups is 1. The van der Waals surface area contributed by atoms with Crippen LogP contribution < -0.4 is 4.90 Å². The zero-order valence-corrected chi connectivity index (χ0v) is 19.0. The maximum absolute atomic E-state index is 13.3. The van der Waals surface area contributed by atoms with Crippen LogP contribution in [0.4, 0.5) is 19.0 Å². The van der Waals surface area contributed by atoms with Crippen LogP contribution in [0.15, 0.2) is 24.5 Å². The van der Waals surface area contributed by atoms with Crippen molar-refractivity contribution in [3.63, 3.8) is 0 Å². The first-order valence-electron chi connectivity index (χ1n) is 10.2. The van der Waals surface area contributed by atoms with Crippen LogP contribution in [-0.4, -0.2) is 60.3 Å². The quantitative estimate of drug-likeness (QED) is 0.660. The summed E-state index contributed by atoms with van der Waals surface area (Å²) in [6.07, 6.45) is -1.29. The fourth-order valence-corrected chi connectivity index (χ4v) is 6.47. The van der Waals surface area contributed by atoms with Gasteiger partial charge in [0.2, 0.25) is 5.91 Å². The lowest BCUT2D eigenvalue weighted by molar-refractivity contribution is -0.139. The largest absolute Gasteiger partial charge is 0.417 e. The third kappa shape index (κ3) is 4.90. The predicted molar refractivity (Wildman–Crippen MR) is 114 cm³/mol. The van der Waals surface area contributed by atoms with Gasteiger partial charge < -0.3 is 9.80 Å². The van der Waals surface area contributed by atoms with E-state index in [0.29, 0.717) is 38.3 Å². The third-order valence-corrected chi connectivity index (χ3v) is 8.62. The van der Waals surface area contributed by atoms with E-state index in [1.165, 1.54) is 17.4 Å². The lowest BCUT2D eigenvalue weighted by Gasteiger charge is -2.42. The zero-order valence-electron chi connectivity index (χ0n) is 17.4. The van der Waals surface area contributed by atoms with E-state index in [4.69, 9.17) is 0 Å². The van der Waals surface area contributed by atoms with E-state index in [-0.39, 0.29) is 29.4 Å². The summed E-state index contributed by atoms with van der Waals surface area (Å²) in [7, 11) is -3.08. The van der Waals surface area contributed by atoms with E-state index in [1.54, 1.807) is 11.1 Å². The first-order chi connectivity index (χ1) is 15.0. The molecule has 0 aromatic carbocycles. The Hall–Kier alpha value is -2.21. The second kappa shape index (κ2) is 8.62. The maximum Gasteiger partial charge on any atom is 0.417 e. The minimum atomic E-state index is -4.45. The van der Waals surface area contributed by atoms with Gasteiger partial charge in [-0.2, -0.15) is 13.2 Å². The van der Waals surface area contributed by atoms with Crippen molar-refractivity contribution in [1.29, 1.82) is 0 Å². The van der Waals surface area contributed by atoms with Gasteiger partial charge in [0.1, 0.15) is 26.7 Å². The highest BCUT2D eigenvalue weighted by Gasteiger charge is 2.39. The number of alkyl halides is 3. The van der Waals surface area contributed by atoms with Gasteiger partial charge in [-0.3, -0.25) is 4.79 Å². The molecule has 1 unspecified atom stereocenters. The molecule has 2 aromatic heterocycles. The molecule has 4 heterocycles. The number of rotatable bonds is 3. The summed E-state index contributed by atoms with van der Waals surface area (Å²) in [5, 5.41) is 0.746. The van der Waals surface area contributed by atoms with E-state index in [2.05, 4.69) is 9.97 Å². The number of hydrogen-bond donors (Lipinski definition) is 0. The van der Waals surface area contributed by atoms with E-state index < -0.39 is 21.6 Å². The van der Waals surface area contributed by atoms with Crippen LogP contribution in [-0.2, 0) is 20.8 Å². The van der Waals surface area contributed by atoms with Crippen LogP contribution in [0.1, 0.15) is 34.3 Å². The van der Waals surface area contributed by atoms with E-state index in [9.17, 15) is 26.4 Å². The van der Waals surface area contributed by atoms with Crippen LogP contribution in [0.2, 0.25) is 0 Å². The van der Waals surface area contributed by atoms with Crippen LogP contribution in [0.3, 0.4) is 0 Å². The number of carbonyl (C=O) groups is 1. The summed E-state index contributed by atoms with van der Waals surface area (Å²) in [5.41, 5.74) is -0.811. The topological polar surface area (TPSA) is 83.5 Å². The van der Waals surface area contributed by atoms with Crippen LogP contribution in [0.25, 0.3) is 0 Å². The summed E-state index contributed by atoms with van der Waals surface area (Å²) in [4.78, 5) is 26.3. The van der Waals surface area contributed by atoms with Gasteiger partial charge in [-0.1, -0.05) is 0 Å². The average Bonchev–Trinajstić information content (AvgIpc) is 3.18. The molecule has 2 fully saturated rings. The smallest absolute Gasteiger partial charge is 0.352 e. The molecular formula is C20H23F3N4O3S2. The number of piperazine rings is 1. The molecule has 2 saturated heterocycles. The summed E-state index contributed by atoms with van der Waals surface area (Å²) in [6, 6.07) is 1.97. The van der Waals surface area contributed by atoms with Crippen molar-refractivity contribution in [2.45, 2.75) is 32.0 Å². The number of pyridine rings is 1. The molecule has 1 atom stereocenters. The molecule has 0 saturated carbocycles. The monoisotopic (exact) mass is 488 g/mol. The molecule has 2 aromatic rings. The molecule has 0 spiro atoms. The van der Waals surface area contributed by atoms with Crippen molar-refractivity contribution in [3.8, 4) is 0 Å². The molecule has 1 amide bonds. The van der Waals surface area contributed by atoms with Gasteiger partial charge in [-0.05, 0) is 31.9 Å². The Labute approximate surface area is 188 Å². The molecule has 2 aliphatic rings. The summed E-state index contributed by atoms with van der Waals surface area (Å²) >= 11 is 1.47. The molecule has 2 aliphatic heterocycles. The Bertz CT molecular complexity index is 1070. The molecule has 0 radical (unpaired) electrons. The average molecular weight is 489 g/mol. The highest BCUT2D eigenvalue weighted by Crippen LogP contribution is 2.34. The Kier molecular flexibility index (Phi) is 6.19. The summed E-state index contributed by atoms with van der Waals surface area (Å²) in [5.74, 6) is 0.00229. The van der Waals surface area contributed by atoms with Gasteiger partial charge >= 0.3 is 6.18 Å². The minimum absolute atomic E-state index is 0.0138. The van der Waals surface area contributed by atoms with Crippen molar-refractivity contribution in [2.24, 2.45) is 5.92 Å². The van der Waals surface area contributed by atoms with Crippen molar-refractivity contribution < 1.29 is 26.4 Å². The fourth-order valence-electron chi connectivity index (χ4n) is 4.10. The van der Waals surface area contributed by atoms with Gasteiger partial charge in [0, 0.05) is 42.8 Å². The number of nitrogens with zero attached hydrogens (tertiary/aromatic N) is 4. The number of aryl methyl sites for hydroxylation is 1. The number of aromatic nitrogens is 2. The Morgan fingerprint density at radius 2 is 1.84 bits per heavy atom. The number of amides is 1. The third-order valence-electron chi connectivity index (χ3n) is 5.89. The van der Waals surface area contributed by atoms with Crippen molar-refractivity contribution >= 4 is 32.9 Å². The van der Waals surface area contributed by atoms with Gasteiger partial charge in [-0.15, -0.1) is 11.3 Å². The Morgan fingerprint density at radius 3 is 2.41 bits per heavy atom. The second-order valence-corrected chi connectivity index (χ2v) is 11.7. The Morgan fingerprint density at radius 1 is 1.12 bits per heavy atom. The van der Waals surface area contributed by atoms with Crippen molar-refractivity contribution in [2.75, 3.05) is 36.0 Å². The SMILES string of the molecule is Cc1cnc(C2CN(c3ccc(C(F)(F)F)cn3)CCN2C(=O)C2CCS(=O)(=O)CC2)s1. The number of anilines is 1. The lowest BCUT2D eigenvalue weighted by Crippen LogP contribution is -2.53. The number of hydrogen-bond acceptors (Lipinski definition) is 7. The normalized spacial score (nSPS) is 22.2. The first-order valence-corrected chi connectivity index (χ1v) is 12.9. The highest BCUT2D eigenvalue weighted by molar-refractivity contribution is 7.91. The molecule has 4 rings (SSSR count). The minimum Gasteiger partial charge on any atom is -0.352 e. The molecule has 32 heavy (non-hydrogen) atoms. The molecule has 0 aliphatic carbocycles. The number of thiazole rings is 1. The molecular weight excluding hydrogens is 465 g/mol. The van der Waals surface area contributed by atoms with Crippen LogP contribution in [0, 0.1) is 12.8 Å². The maximum atomic E-state index is 13.3. The number of carbonyl (C=O) groups excluding carboxylic acids is 1. The molecule has 174 valence electrons. The van der Waals surface area contributed by atoms with Gasteiger partial charge in [0.15, 0.2) is 0 Å². The zero-order chi connectivity index (χ0) is 23.1. The number of halogens is 3. The van der Waals surface area contributed by atoms with E-state index >= 15 is 0 Å². The summed E-state index contributed by atoms with van der Waals surface area (Å²) < 4.78 is 62.1. The van der Waals surface area contributed by atoms with Gasteiger partial charge in [-0.25, -0.2) is 18.4 Å². The second-order valence-electron chi connectivity index (χ2n) is 8.13. The van der Waals surface area contributed by atoms with Gasteiger partial charge in [0.25, 0.3) is 0 Å². The lowest BCUT2D eigenvalue weighted by atomic mass is 9.99. The van der Waals surface area contributed by atoms with Crippen LogP contribution >= 0.6 is 11.3 Å². The molecule has 0 bridgehead atoms. The van der Waals surface area contributed by atoms with E-state index in [0.717, 1.165) is 22.1 Å². The van der Waals surface area contributed by atoms with E-state index in [1.807, 2.05) is 11.8 Å².